The van der Waals surface area contributed by atoms with Crippen LogP contribution in [0, 0.1) is 5.82 Å². The molecular weight excluding hydrogens is 325 g/mol. The minimum atomic E-state index is -1.18. The van der Waals surface area contributed by atoms with Crippen molar-refractivity contribution in [2.45, 2.75) is 26.4 Å². The van der Waals surface area contributed by atoms with Gasteiger partial charge in [0, 0.05) is 6.20 Å². The smallest absolute Gasteiger partial charge is 0.344 e. The van der Waals surface area contributed by atoms with Crippen molar-refractivity contribution < 1.29 is 23.8 Å². The van der Waals surface area contributed by atoms with Crippen LogP contribution in [0.5, 0.6) is 11.6 Å². The third-order valence-corrected chi connectivity index (χ3v) is 3.49. The summed E-state index contributed by atoms with van der Waals surface area (Å²) in [7, 11) is 0. The van der Waals surface area contributed by atoms with E-state index < -0.39 is 17.4 Å². The first-order chi connectivity index (χ1) is 11.8. The third kappa shape index (κ3) is 4.22. The number of esters is 1. The molecule has 0 atom stereocenters. The Morgan fingerprint density at radius 1 is 1.40 bits per heavy atom. The summed E-state index contributed by atoms with van der Waals surface area (Å²) in [4.78, 5) is 16.2. The van der Waals surface area contributed by atoms with Crippen LogP contribution < -0.4 is 4.74 Å². The Hall–Kier alpha value is -2.73. The highest BCUT2D eigenvalue weighted by molar-refractivity contribution is 5.96. The molecule has 0 unspecified atom stereocenters. The Labute approximate surface area is 145 Å². The zero-order chi connectivity index (χ0) is 18.6. The van der Waals surface area contributed by atoms with Gasteiger partial charge in [-0.15, -0.1) is 0 Å². The van der Waals surface area contributed by atoms with Gasteiger partial charge < -0.3 is 14.6 Å². The largest absolute Gasteiger partial charge is 0.462 e. The molecule has 132 valence electrons. The van der Waals surface area contributed by atoms with Crippen molar-refractivity contribution in [1.82, 2.24) is 4.98 Å². The van der Waals surface area contributed by atoms with Gasteiger partial charge in [0.25, 0.3) is 0 Å². The van der Waals surface area contributed by atoms with Crippen molar-refractivity contribution in [1.29, 1.82) is 0 Å². The number of halogens is 1. The first-order valence-electron chi connectivity index (χ1n) is 7.76. The summed E-state index contributed by atoms with van der Waals surface area (Å²) in [5.41, 5.74) is -0.241. The number of carbonyl (C=O) groups is 1. The van der Waals surface area contributed by atoms with E-state index in [1.165, 1.54) is 24.4 Å². The van der Waals surface area contributed by atoms with Crippen molar-refractivity contribution in [2.75, 3.05) is 6.61 Å². The van der Waals surface area contributed by atoms with Crippen molar-refractivity contribution >= 4 is 12.0 Å². The van der Waals surface area contributed by atoms with Gasteiger partial charge in [-0.25, -0.2) is 14.2 Å². The second-order valence-corrected chi connectivity index (χ2v) is 5.81. The van der Waals surface area contributed by atoms with Crippen LogP contribution >= 0.6 is 0 Å². The first kappa shape index (κ1) is 18.6. The van der Waals surface area contributed by atoms with E-state index in [2.05, 4.69) is 11.6 Å². The van der Waals surface area contributed by atoms with Gasteiger partial charge in [0.1, 0.15) is 5.56 Å². The number of carbonyl (C=O) groups excluding carboxylic acids is 1. The number of aliphatic hydroxyl groups is 1. The number of benzene rings is 1. The molecule has 0 saturated heterocycles. The SMILES string of the molecule is C=Cc1ccnc(Oc2ccc(C(C)(C)O)cc2F)c1C(=O)OCC. The lowest BCUT2D eigenvalue weighted by Crippen LogP contribution is -2.15. The molecule has 1 aromatic heterocycles. The number of pyridine rings is 1. The Morgan fingerprint density at radius 3 is 2.68 bits per heavy atom. The van der Waals surface area contributed by atoms with Crippen LogP contribution in [-0.4, -0.2) is 22.7 Å². The summed E-state index contributed by atoms with van der Waals surface area (Å²) in [6.45, 7) is 8.61. The summed E-state index contributed by atoms with van der Waals surface area (Å²) in [6, 6.07) is 5.68. The molecule has 0 saturated carbocycles. The van der Waals surface area contributed by atoms with E-state index in [9.17, 15) is 14.3 Å². The monoisotopic (exact) mass is 345 g/mol. The molecule has 1 heterocycles. The molecule has 6 heteroatoms. The molecule has 0 fully saturated rings. The van der Waals surface area contributed by atoms with Gasteiger partial charge in [0.2, 0.25) is 5.88 Å². The van der Waals surface area contributed by atoms with Gasteiger partial charge >= 0.3 is 5.97 Å². The molecule has 1 N–H and O–H groups in total. The van der Waals surface area contributed by atoms with Crippen molar-refractivity contribution in [3.63, 3.8) is 0 Å². The average Bonchev–Trinajstić information content (AvgIpc) is 2.55. The Bertz CT molecular complexity index is 796. The Kier molecular flexibility index (Phi) is 5.54. The Morgan fingerprint density at radius 2 is 2.12 bits per heavy atom. The fourth-order valence-corrected chi connectivity index (χ4v) is 2.18. The van der Waals surface area contributed by atoms with E-state index in [1.807, 2.05) is 0 Å². The minimum Gasteiger partial charge on any atom is -0.462 e. The van der Waals surface area contributed by atoms with Gasteiger partial charge in [-0.05, 0) is 50.1 Å². The number of ether oxygens (including phenoxy) is 2. The quantitative estimate of drug-likeness (QED) is 0.800. The Balaban J connectivity index is 2.44. The third-order valence-electron chi connectivity index (χ3n) is 3.49. The number of nitrogens with zero attached hydrogens (tertiary/aromatic N) is 1. The van der Waals surface area contributed by atoms with Crippen LogP contribution in [-0.2, 0) is 10.3 Å². The standard InChI is InChI=1S/C19H20FNO4/c1-5-12-9-10-21-17(16(12)18(22)24-6-2)25-15-8-7-13(11-14(15)20)19(3,4)23/h5,7-11,23H,1,6H2,2-4H3. The van der Waals surface area contributed by atoms with E-state index in [4.69, 9.17) is 9.47 Å². The van der Waals surface area contributed by atoms with Crippen LogP contribution in [0.25, 0.3) is 6.08 Å². The maximum atomic E-state index is 14.3. The predicted octanol–water partition coefficient (Wildman–Crippen LogP) is 4.06. The fraction of sp³-hybridized carbons (Fsp3) is 0.263. The van der Waals surface area contributed by atoms with E-state index in [0.717, 1.165) is 0 Å². The predicted molar refractivity (Wildman–Crippen MR) is 92.0 cm³/mol. The number of rotatable bonds is 6. The topological polar surface area (TPSA) is 68.7 Å². The molecule has 0 spiro atoms. The summed E-state index contributed by atoms with van der Waals surface area (Å²) >= 11 is 0. The number of aromatic nitrogens is 1. The second-order valence-electron chi connectivity index (χ2n) is 5.81. The van der Waals surface area contributed by atoms with Crippen LogP contribution in [0.2, 0.25) is 0 Å². The van der Waals surface area contributed by atoms with Crippen LogP contribution in [0.3, 0.4) is 0 Å². The molecule has 0 amide bonds. The van der Waals surface area contributed by atoms with Gasteiger partial charge in [0.15, 0.2) is 11.6 Å². The second kappa shape index (κ2) is 7.44. The molecule has 0 aliphatic heterocycles. The number of hydrogen-bond acceptors (Lipinski definition) is 5. The van der Waals surface area contributed by atoms with Crippen LogP contribution in [0.1, 0.15) is 42.3 Å². The molecule has 5 nitrogen and oxygen atoms in total. The summed E-state index contributed by atoms with van der Waals surface area (Å²) in [5.74, 6) is -1.51. The molecule has 0 radical (unpaired) electrons. The minimum absolute atomic E-state index is 0.0744. The highest BCUT2D eigenvalue weighted by Gasteiger charge is 2.22. The lowest BCUT2D eigenvalue weighted by molar-refractivity contribution is 0.0522. The highest BCUT2D eigenvalue weighted by Crippen LogP contribution is 2.31. The molecule has 1 aromatic carbocycles. The first-order valence-corrected chi connectivity index (χ1v) is 7.76. The van der Waals surface area contributed by atoms with Crippen molar-refractivity contribution in [3.05, 3.63) is 59.5 Å². The lowest BCUT2D eigenvalue weighted by atomic mass is 9.98. The molecule has 0 bridgehead atoms. The molecule has 2 rings (SSSR count). The molecule has 0 aliphatic rings. The lowest BCUT2D eigenvalue weighted by Gasteiger charge is -2.18. The molecule has 2 aromatic rings. The zero-order valence-corrected chi connectivity index (χ0v) is 14.4. The normalized spacial score (nSPS) is 11.1. The van der Waals surface area contributed by atoms with E-state index in [0.29, 0.717) is 11.1 Å². The summed E-state index contributed by atoms with van der Waals surface area (Å²) < 4.78 is 24.8. The van der Waals surface area contributed by atoms with Gasteiger partial charge in [-0.1, -0.05) is 18.7 Å². The van der Waals surface area contributed by atoms with Crippen LogP contribution in [0.15, 0.2) is 37.0 Å². The van der Waals surface area contributed by atoms with E-state index in [1.54, 1.807) is 32.9 Å². The maximum Gasteiger partial charge on any atom is 0.344 e. The highest BCUT2D eigenvalue weighted by atomic mass is 19.1. The fourth-order valence-electron chi connectivity index (χ4n) is 2.18. The average molecular weight is 345 g/mol. The summed E-state index contributed by atoms with van der Waals surface area (Å²) in [5, 5.41) is 9.95. The van der Waals surface area contributed by atoms with Crippen molar-refractivity contribution in [3.8, 4) is 11.6 Å². The maximum absolute atomic E-state index is 14.3. The van der Waals surface area contributed by atoms with Gasteiger partial charge in [-0.3, -0.25) is 0 Å². The van der Waals surface area contributed by atoms with Gasteiger partial charge in [-0.2, -0.15) is 0 Å². The summed E-state index contributed by atoms with van der Waals surface area (Å²) in [6.07, 6.45) is 2.90. The zero-order valence-electron chi connectivity index (χ0n) is 14.4. The molecular formula is C19H20FNO4. The van der Waals surface area contributed by atoms with E-state index >= 15 is 0 Å². The number of hydrogen-bond donors (Lipinski definition) is 1. The molecule has 0 aliphatic carbocycles. The van der Waals surface area contributed by atoms with Gasteiger partial charge in [0.05, 0.1) is 12.2 Å². The molecule has 25 heavy (non-hydrogen) atoms. The van der Waals surface area contributed by atoms with Crippen molar-refractivity contribution in [2.24, 2.45) is 0 Å². The van der Waals surface area contributed by atoms with E-state index in [-0.39, 0.29) is 23.8 Å². The van der Waals surface area contributed by atoms with Crippen LogP contribution in [0.4, 0.5) is 4.39 Å².